The van der Waals surface area contributed by atoms with E-state index in [1.165, 1.54) is 11.3 Å². The van der Waals surface area contributed by atoms with Crippen LogP contribution in [0.2, 0.25) is 0 Å². The summed E-state index contributed by atoms with van der Waals surface area (Å²) in [5, 5.41) is 3.10. The van der Waals surface area contributed by atoms with Gasteiger partial charge in [-0.2, -0.15) is 9.37 Å². The Morgan fingerprint density at radius 1 is 1.12 bits per heavy atom. The van der Waals surface area contributed by atoms with Crippen molar-refractivity contribution in [2.24, 2.45) is 7.05 Å². The maximum absolute atomic E-state index is 14.0. The molecule has 0 aliphatic rings. The van der Waals surface area contributed by atoms with Crippen molar-refractivity contribution in [3.63, 3.8) is 0 Å². The van der Waals surface area contributed by atoms with E-state index >= 15 is 0 Å². The van der Waals surface area contributed by atoms with Crippen LogP contribution in [0.5, 0.6) is 0 Å². The summed E-state index contributed by atoms with van der Waals surface area (Å²) in [6.07, 6.45) is 3.58. The summed E-state index contributed by atoms with van der Waals surface area (Å²) in [6, 6.07) is 6.91. The lowest BCUT2D eigenvalue weighted by Gasteiger charge is -1.98. The second kappa shape index (κ2) is 5.83. The zero-order valence-corrected chi connectivity index (χ0v) is 13.4. The Hall–Kier alpha value is -3.11. The van der Waals surface area contributed by atoms with Gasteiger partial charge in [-0.15, -0.1) is 11.3 Å². The molecule has 0 aliphatic carbocycles. The number of aryl methyl sites for hydroxylation is 1. The molecule has 4 aromatic rings. The lowest BCUT2D eigenvalue weighted by atomic mass is 10.2. The minimum atomic E-state index is -0.576. The molecule has 0 atom stereocenters. The summed E-state index contributed by atoms with van der Waals surface area (Å²) in [5.41, 5.74) is 1.28. The van der Waals surface area contributed by atoms with Gasteiger partial charge in [0.2, 0.25) is 11.8 Å². The van der Waals surface area contributed by atoms with E-state index < -0.39 is 5.95 Å². The number of rotatable bonds is 1. The summed E-state index contributed by atoms with van der Waals surface area (Å²) in [6.45, 7) is 0. The number of hydrogen-bond acceptors (Lipinski definition) is 5. The maximum Gasteiger partial charge on any atom is 0.224 e. The molecule has 0 N–H and O–H groups in total. The molecule has 0 unspecified atom stereocenters. The van der Waals surface area contributed by atoms with Gasteiger partial charge in [0.15, 0.2) is 5.82 Å². The highest BCUT2D eigenvalue weighted by Crippen LogP contribution is 2.20. The number of hydrogen-bond donors (Lipinski definition) is 0. The highest BCUT2D eigenvalue weighted by molar-refractivity contribution is 7.13. The smallest absolute Gasteiger partial charge is 0.224 e. The van der Waals surface area contributed by atoms with Gasteiger partial charge in [0.05, 0.1) is 10.9 Å². The molecular weight excluding hydrogens is 325 g/mol. The third-order valence-electron chi connectivity index (χ3n) is 3.37. The van der Waals surface area contributed by atoms with Crippen LogP contribution in [0.4, 0.5) is 4.39 Å². The Kier molecular flexibility index (Phi) is 3.52. The van der Waals surface area contributed by atoms with Gasteiger partial charge in [0, 0.05) is 24.8 Å². The first-order valence-corrected chi connectivity index (χ1v) is 7.96. The highest BCUT2D eigenvalue weighted by atomic mass is 32.1. The van der Waals surface area contributed by atoms with Crippen LogP contribution >= 0.6 is 11.3 Å². The molecule has 7 heteroatoms. The van der Waals surface area contributed by atoms with Crippen molar-refractivity contribution in [1.82, 2.24) is 24.5 Å². The molecule has 0 fully saturated rings. The van der Waals surface area contributed by atoms with E-state index in [0.717, 1.165) is 10.7 Å². The van der Waals surface area contributed by atoms with E-state index in [9.17, 15) is 4.39 Å². The number of halogens is 1. The molecule has 0 aliphatic heterocycles. The molecule has 0 spiro atoms. The Morgan fingerprint density at radius 3 is 2.83 bits per heavy atom. The highest BCUT2D eigenvalue weighted by Gasteiger charge is 2.08. The minimum absolute atomic E-state index is 0.130. The first kappa shape index (κ1) is 14.5. The van der Waals surface area contributed by atoms with Gasteiger partial charge in [-0.05, 0) is 24.0 Å². The summed E-state index contributed by atoms with van der Waals surface area (Å²) in [7, 11) is 1.84. The molecule has 1 aromatic carbocycles. The van der Waals surface area contributed by atoms with Crippen LogP contribution in [-0.4, -0.2) is 24.5 Å². The molecule has 3 heterocycles. The Balaban J connectivity index is 1.72. The molecule has 0 radical (unpaired) electrons. The summed E-state index contributed by atoms with van der Waals surface area (Å²) in [4.78, 5) is 16.7. The summed E-state index contributed by atoms with van der Waals surface area (Å²) in [5.74, 6) is 5.76. The van der Waals surface area contributed by atoms with Crippen LogP contribution in [0.25, 0.3) is 21.6 Å². The summed E-state index contributed by atoms with van der Waals surface area (Å²) >= 11 is 1.51. The number of nitrogens with zero attached hydrogens (tertiary/aromatic N) is 5. The number of benzene rings is 1. The standard InChI is InChI=1S/C17H10FN5S/c1-23-10-13(17-19-8-9-24-17)21-15(23)7-6-14-20-12-5-3-2-4-11(12)16(18)22-14/h2-5,8-10H,1H3. The lowest BCUT2D eigenvalue weighted by Crippen LogP contribution is -1.96. The van der Waals surface area contributed by atoms with Crippen LogP contribution in [-0.2, 0) is 7.05 Å². The first-order chi connectivity index (χ1) is 11.7. The molecule has 0 saturated heterocycles. The molecule has 24 heavy (non-hydrogen) atoms. The molecule has 3 aromatic heterocycles. The largest absolute Gasteiger partial charge is 0.327 e. The van der Waals surface area contributed by atoms with Gasteiger partial charge in [-0.3, -0.25) is 0 Å². The number of thiazole rings is 1. The predicted octanol–water partition coefficient (Wildman–Crippen LogP) is 3.03. The van der Waals surface area contributed by atoms with E-state index in [0.29, 0.717) is 16.7 Å². The molecule has 5 nitrogen and oxygen atoms in total. The summed E-state index contributed by atoms with van der Waals surface area (Å²) < 4.78 is 15.8. The van der Waals surface area contributed by atoms with Crippen LogP contribution in [0.1, 0.15) is 11.6 Å². The van der Waals surface area contributed by atoms with Gasteiger partial charge in [0.25, 0.3) is 0 Å². The zero-order valence-electron chi connectivity index (χ0n) is 12.6. The fourth-order valence-corrected chi connectivity index (χ4v) is 2.83. The number of para-hydroxylation sites is 1. The SMILES string of the molecule is Cn1cc(-c2nccs2)nc1C#Cc1nc(F)c2ccccc2n1. The topological polar surface area (TPSA) is 56.5 Å². The number of aromatic nitrogens is 5. The fraction of sp³-hybridized carbons (Fsp3) is 0.0588. The van der Waals surface area contributed by atoms with Crippen LogP contribution in [0.15, 0.2) is 42.0 Å². The van der Waals surface area contributed by atoms with E-state index in [1.54, 1.807) is 35.0 Å². The molecule has 0 amide bonds. The number of imidazole rings is 1. The second-order valence-electron chi connectivity index (χ2n) is 5.00. The first-order valence-electron chi connectivity index (χ1n) is 7.08. The Morgan fingerprint density at radius 2 is 2.00 bits per heavy atom. The Bertz CT molecular complexity index is 1090. The normalized spacial score (nSPS) is 10.6. The van der Waals surface area contributed by atoms with Crippen molar-refractivity contribution in [2.45, 2.75) is 0 Å². The van der Waals surface area contributed by atoms with Crippen LogP contribution < -0.4 is 0 Å². The fourth-order valence-electron chi connectivity index (χ4n) is 2.24. The van der Waals surface area contributed by atoms with Crippen LogP contribution in [0, 0.1) is 17.8 Å². The van der Waals surface area contributed by atoms with Crippen LogP contribution in [0.3, 0.4) is 0 Å². The van der Waals surface area contributed by atoms with Crippen molar-refractivity contribution in [1.29, 1.82) is 0 Å². The van der Waals surface area contributed by atoms with Gasteiger partial charge in [0.1, 0.15) is 10.7 Å². The third-order valence-corrected chi connectivity index (χ3v) is 4.17. The molecular formula is C17H10FN5S. The average Bonchev–Trinajstić information content (AvgIpc) is 3.23. The van der Waals surface area contributed by atoms with Crippen molar-refractivity contribution in [2.75, 3.05) is 0 Å². The second-order valence-corrected chi connectivity index (χ2v) is 5.90. The molecule has 0 saturated carbocycles. The van der Waals surface area contributed by atoms with Crippen molar-refractivity contribution in [3.05, 3.63) is 59.6 Å². The predicted molar refractivity (Wildman–Crippen MR) is 89.8 cm³/mol. The van der Waals surface area contributed by atoms with Gasteiger partial charge >= 0.3 is 0 Å². The molecule has 116 valence electrons. The van der Waals surface area contributed by atoms with Gasteiger partial charge in [-0.1, -0.05) is 12.1 Å². The quantitative estimate of drug-likeness (QED) is 0.396. The average molecular weight is 335 g/mol. The molecule has 0 bridgehead atoms. The monoisotopic (exact) mass is 335 g/mol. The minimum Gasteiger partial charge on any atom is -0.327 e. The third kappa shape index (κ3) is 2.64. The molecule has 4 rings (SSSR count). The van der Waals surface area contributed by atoms with E-state index in [1.807, 2.05) is 18.6 Å². The van der Waals surface area contributed by atoms with E-state index in [4.69, 9.17) is 0 Å². The van der Waals surface area contributed by atoms with Gasteiger partial charge < -0.3 is 4.57 Å². The van der Waals surface area contributed by atoms with Gasteiger partial charge in [-0.25, -0.2) is 15.0 Å². The van der Waals surface area contributed by atoms with Crippen molar-refractivity contribution < 1.29 is 4.39 Å². The zero-order chi connectivity index (χ0) is 16.5. The lowest BCUT2D eigenvalue weighted by molar-refractivity contribution is 0.592. The number of fused-ring (bicyclic) bond motifs is 1. The van der Waals surface area contributed by atoms with Crippen molar-refractivity contribution in [3.8, 4) is 22.5 Å². The Labute approximate surface area is 140 Å². The van der Waals surface area contributed by atoms with E-state index in [-0.39, 0.29) is 5.82 Å². The maximum atomic E-state index is 14.0. The van der Waals surface area contributed by atoms with Crippen molar-refractivity contribution >= 4 is 22.2 Å². The van der Waals surface area contributed by atoms with E-state index in [2.05, 4.69) is 31.8 Å².